The van der Waals surface area contributed by atoms with Crippen LogP contribution in [-0.2, 0) is 4.79 Å². The van der Waals surface area contributed by atoms with Gasteiger partial charge >= 0.3 is 0 Å². The Hall–Kier alpha value is -0.720. The average molecular weight is 300 g/mol. The Labute approximate surface area is 128 Å². The molecule has 1 saturated heterocycles. The summed E-state index contributed by atoms with van der Waals surface area (Å²) in [7, 11) is 6.10. The minimum Gasteiger partial charge on any atom is -0.393 e. The van der Waals surface area contributed by atoms with Gasteiger partial charge in [-0.25, -0.2) is 0 Å². The third-order valence-electron chi connectivity index (χ3n) is 4.11. The van der Waals surface area contributed by atoms with E-state index in [1.165, 1.54) is 12.8 Å². The molecule has 1 aliphatic rings. The van der Waals surface area contributed by atoms with E-state index in [0.29, 0.717) is 30.4 Å². The number of carbonyl (C=O) groups is 1. The average Bonchev–Trinajstić information content (AvgIpc) is 2.42. The maximum absolute atomic E-state index is 12.0. The summed E-state index contributed by atoms with van der Waals surface area (Å²) in [6, 6.07) is 0.612. The minimum atomic E-state index is 0.168. The molecule has 20 heavy (non-hydrogen) atoms. The normalized spacial score (nSPS) is 17.4. The van der Waals surface area contributed by atoms with Gasteiger partial charge in [-0.1, -0.05) is 12.2 Å². The molecular weight excluding hydrogens is 272 g/mol. The van der Waals surface area contributed by atoms with Crippen LogP contribution >= 0.6 is 12.2 Å². The van der Waals surface area contributed by atoms with E-state index in [4.69, 9.17) is 18.0 Å². The predicted molar refractivity (Wildman–Crippen MR) is 86.8 cm³/mol. The third kappa shape index (κ3) is 6.15. The Kier molecular flexibility index (Phi) is 7.40. The first-order chi connectivity index (χ1) is 9.40. The van der Waals surface area contributed by atoms with E-state index in [2.05, 4.69) is 23.9 Å². The highest BCUT2D eigenvalue weighted by atomic mass is 32.1. The predicted octanol–water partition coefficient (Wildman–Crippen LogP) is 0.537. The van der Waals surface area contributed by atoms with Gasteiger partial charge in [-0.15, -0.1) is 0 Å². The van der Waals surface area contributed by atoms with Gasteiger partial charge in [0.1, 0.15) is 0 Å². The molecule has 1 amide bonds. The zero-order valence-electron chi connectivity index (χ0n) is 13.0. The van der Waals surface area contributed by atoms with Gasteiger partial charge in [-0.3, -0.25) is 4.79 Å². The van der Waals surface area contributed by atoms with Crippen molar-refractivity contribution in [1.29, 1.82) is 0 Å². The fourth-order valence-corrected chi connectivity index (χ4v) is 2.58. The quantitative estimate of drug-likeness (QED) is 0.696. The lowest BCUT2D eigenvalue weighted by Gasteiger charge is -2.35. The van der Waals surface area contributed by atoms with Gasteiger partial charge < -0.3 is 20.4 Å². The Morgan fingerprint density at radius 1 is 1.25 bits per heavy atom. The molecule has 1 fully saturated rings. The van der Waals surface area contributed by atoms with Crippen LogP contribution in [0.2, 0.25) is 0 Å². The summed E-state index contributed by atoms with van der Waals surface area (Å²) in [5.74, 6) is 0.168. The molecule has 1 heterocycles. The molecule has 0 atom stereocenters. The number of hydrogen-bond acceptors (Lipinski definition) is 4. The molecule has 2 N–H and O–H groups in total. The third-order valence-corrected chi connectivity index (χ3v) is 4.31. The second-order valence-corrected chi connectivity index (χ2v) is 6.32. The van der Waals surface area contributed by atoms with Crippen LogP contribution in [0.1, 0.15) is 25.7 Å². The summed E-state index contributed by atoms with van der Waals surface area (Å²) in [5.41, 5.74) is 5.45. The van der Waals surface area contributed by atoms with Crippen molar-refractivity contribution in [3.05, 3.63) is 0 Å². The summed E-state index contributed by atoms with van der Waals surface area (Å²) in [4.78, 5) is 18.9. The maximum Gasteiger partial charge on any atom is 0.223 e. The fourth-order valence-electron chi connectivity index (χ4n) is 2.48. The van der Waals surface area contributed by atoms with E-state index in [-0.39, 0.29) is 5.91 Å². The topological polar surface area (TPSA) is 52.8 Å². The van der Waals surface area contributed by atoms with Crippen LogP contribution in [0.4, 0.5) is 0 Å². The van der Waals surface area contributed by atoms with Gasteiger partial charge in [0.15, 0.2) is 0 Å². The molecule has 0 unspecified atom stereocenters. The summed E-state index contributed by atoms with van der Waals surface area (Å²) >= 11 is 4.83. The van der Waals surface area contributed by atoms with Crippen molar-refractivity contribution in [2.45, 2.75) is 31.7 Å². The zero-order chi connectivity index (χ0) is 15.1. The van der Waals surface area contributed by atoms with Crippen molar-refractivity contribution in [2.75, 3.05) is 47.3 Å². The number of likely N-dealkylation sites (tertiary alicyclic amines) is 1. The Morgan fingerprint density at radius 2 is 1.85 bits per heavy atom. The second-order valence-electron chi connectivity index (χ2n) is 5.80. The highest BCUT2D eigenvalue weighted by Gasteiger charge is 2.21. The first-order valence-electron chi connectivity index (χ1n) is 7.31. The molecular formula is C14H28N4OS. The summed E-state index contributed by atoms with van der Waals surface area (Å²) in [6.07, 6.45) is 3.55. The Morgan fingerprint density at radius 3 is 2.40 bits per heavy atom. The van der Waals surface area contributed by atoms with Crippen LogP contribution in [0.3, 0.4) is 0 Å². The van der Waals surface area contributed by atoms with E-state index < -0.39 is 0 Å². The van der Waals surface area contributed by atoms with E-state index in [0.717, 1.165) is 19.6 Å². The number of nitrogens with zero attached hydrogens (tertiary/aromatic N) is 3. The first-order valence-corrected chi connectivity index (χ1v) is 7.72. The largest absolute Gasteiger partial charge is 0.393 e. The molecule has 5 nitrogen and oxygen atoms in total. The summed E-state index contributed by atoms with van der Waals surface area (Å²) in [5, 5.41) is 0. The van der Waals surface area contributed by atoms with Crippen LogP contribution in [-0.4, -0.2) is 79.0 Å². The lowest BCUT2D eigenvalue weighted by molar-refractivity contribution is -0.130. The van der Waals surface area contributed by atoms with E-state index in [1.807, 2.05) is 7.05 Å². The molecule has 0 bridgehead atoms. The zero-order valence-corrected chi connectivity index (χ0v) is 13.8. The monoisotopic (exact) mass is 300 g/mol. The maximum atomic E-state index is 12.0. The van der Waals surface area contributed by atoms with Crippen LogP contribution < -0.4 is 5.73 Å². The lowest BCUT2D eigenvalue weighted by Crippen LogP contribution is -2.43. The van der Waals surface area contributed by atoms with Gasteiger partial charge in [0.25, 0.3) is 0 Å². The number of thiocarbonyl (C=S) groups is 1. The van der Waals surface area contributed by atoms with Crippen LogP contribution in [0.5, 0.6) is 0 Å². The number of nitrogens with two attached hydrogens (primary N) is 1. The van der Waals surface area contributed by atoms with Crippen molar-refractivity contribution in [3.63, 3.8) is 0 Å². The smallest absolute Gasteiger partial charge is 0.223 e. The van der Waals surface area contributed by atoms with Crippen molar-refractivity contribution >= 4 is 23.1 Å². The molecule has 1 rings (SSSR count). The van der Waals surface area contributed by atoms with Gasteiger partial charge in [0.2, 0.25) is 5.91 Å². The molecule has 0 spiro atoms. The van der Waals surface area contributed by atoms with E-state index in [9.17, 15) is 4.79 Å². The van der Waals surface area contributed by atoms with Gasteiger partial charge in [-0.05, 0) is 40.0 Å². The van der Waals surface area contributed by atoms with Gasteiger partial charge in [-0.2, -0.15) is 0 Å². The molecule has 1 aliphatic heterocycles. The molecule has 0 saturated carbocycles. The van der Waals surface area contributed by atoms with E-state index >= 15 is 0 Å². The molecule has 0 aliphatic carbocycles. The fraction of sp³-hybridized carbons (Fsp3) is 0.857. The van der Waals surface area contributed by atoms with Crippen molar-refractivity contribution in [1.82, 2.24) is 14.7 Å². The second kappa shape index (κ2) is 8.54. The number of carbonyl (C=O) groups excluding carboxylic acids is 1. The molecule has 0 aromatic carbocycles. The molecule has 116 valence electrons. The highest BCUT2D eigenvalue weighted by Crippen LogP contribution is 2.14. The number of piperidine rings is 1. The van der Waals surface area contributed by atoms with Crippen LogP contribution in [0.25, 0.3) is 0 Å². The lowest BCUT2D eigenvalue weighted by atomic mass is 10.0. The SMILES string of the molecule is CN1CCC(N(C)CCC(=O)N(C)CCC(N)=S)CC1. The highest BCUT2D eigenvalue weighted by molar-refractivity contribution is 7.80. The number of rotatable bonds is 7. The molecule has 6 heteroatoms. The summed E-state index contributed by atoms with van der Waals surface area (Å²) in [6.45, 7) is 3.74. The minimum absolute atomic E-state index is 0.168. The summed E-state index contributed by atoms with van der Waals surface area (Å²) < 4.78 is 0. The van der Waals surface area contributed by atoms with E-state index in [1.54, 1.807) is 4.90 Å². The van der Waals surface area contributed by atoms with Crippen molar-refractivity contribution in [3.8, 4) is 0 Å². The van der Waals surface area contributed by atoms with Crippen LogP contribution in [0, 0.1) is 0 Å². The molecule has 0 aromatic rings. The Balaban J connectivity index is 2.24. The van der Waals surface area contributed by atoms with Crippen molar-refractivity contribution < 1.29 is 4.79 Å². The number of amides is 1. The standard InChI is InChI=1S/C14H28N4OS/c1-16-8-4-12(5-9-16)17(2)11-7-14(19)18(3)10-6-13(15)20/h12H,4-11H2,1-3H3,(H2,15,20). The van der Waals surface area contributed by atoms with Gasteiger partial charge in [0, 0.05) is 39.0 Å². The first kappa shape index (κ1) is 17.3. The number of hydrogen-bond donors (Lipinski definition) is 1. The Bertz CT molecular complexity index is 329. The molecule has 0 aromatic heterocycles. The van der Waals surface area contributed by atoms with Gasteiger partial charge in [0.05, 0.1) is 4.99 Å². The molecule has 0 radical (unpaired) electrons. The van der Waals surface area contributed by atoms with Crippen molar-refractivity contribution in [2.24, 2.45) is 5.73 Å². The van der Waals surface area contributed by atoms with Crippen LogP contribution in [0.15, 0.2) is 0 Å².